The van der Waals surface area contributed by atoms with Crippen LogP contribution in [0.25, 0.3) is 10.9 Å². The van der Waals surface area contributed by atoms with Gasteiger partial charge < -0.3 is 10.6 Å². The number of aromatic nitrogens is 1. The molecule has 1 atom stereocenters. The summed E-state index contributed by atoms with van der Waals surface area (Å²) in [5, 5.41) is 0.767. The molecule has 0 spiro atoms. The third-order valence-electron chi connectivity index (χ3n) is 6.65. The lowest BCUT2D eigenvalue weighted by atomic mass is 9.84. The van der Waals surface area contributed by atoms with Gasteiger partial charge in [-0.15, -0.1) is 0 Å². The number of nitrogens with zero attached hydrogens (tertiary/aromatic N) is 2. The van der Waals surface area contributed by atoms with Crippen LogP contribution in [0.3, 0.4) is 0 Å². The predicted molar refractivity (Wildman–Crippen MR) is 134 cm³/mol. The number of carbonyl (C=O) groups is 2. The van der Waals surface area contributed by atoms with E-state index in [-0.39, 0.29) is 11.7 Å². The number of piperidine rings is 1. The molecule has 0 bridgehead atoms. The quantitative estimate of drug-likeness (QED) is 0.436. The first-order chi connectivity index (χ1) is 16.6. The summed E-state index contributed by atoms with van der Waals surface area (Å²) in [5.41, 5.74) is 9.23. The van der Waals surface area contributed by atoms with Gasteiger partial charge in [-0.05, 0) is 55.0 Å². The van der Waals surface area contributed by atoms with Gasteiger partial charge in [-0.2, -0.15) is 0 Å². The number of likely N-dealkylation sites (tertiary alicyclic amines) is 1. The number of ketones is 1. The largest absolute Gasteiger partial charge is 0.313 e. The molecule has 3 aromatic carbocycles. The van der Waals surface area contributed by atoms with E-state index in [1.807, 2.05) is 72.8 Å². The van der Waals surface area contributed by atoms with Crippen LogP contribution in [0.1, 0.15) is 51.1 Å². The Labute approximate surface area is 199 Å². The maximum atomic E-state index is 14.3. The Bertz CT molecular complexity index is 1340. The first kappa shape index (κ1) is 22.0. The first-order valence-corrected chi connectivity index (χ1v) is 11.7. The lowest BCUT2D eigenvalue weighted by molar-refractivity contribution is 0.0302. The number of para-hydroxylation sites is 1. The fraction of sp³-hybridized carbons (Fsp3) is 0.207. The number of hydrogen-bond acceptors (Lipinski definition) is 4. The molecule has 1 fully saturated rings. The first-order valence-electron chi connectivity index (χ1n) is 11.7. The maximum absolute atomic E-state index is 14.3. The zero-order valence-corrected chi connectivity index (χ0v) is 19.0. The second kappa shape index (κ2) is 9.20. The van der Waals surface area contributed by atoms with Crippen molar-refractivity contribution in [3.63, 3.8) is 0 Å². The highest BCUT2D eigenvalue weighted by Crippen LogP contribution is 2.33. The smallest absolute Gasteiger partial charge is 0.255 e. The van der Waals surface area contributed by atoms with E-state index in [1.165, 1.54) is 0 Å². The second-order valence-electron chi connectivity index (χ2n) is 8.87. The molecule has 1 amide bonds. The number of benzene rings is 3. The standard InChI is InChI=1S/C29H27N3O2/c30-29(17-9-10-18-32(29)28(34)22-13-5-2-6-14-22)27(33)26-23(19-21-11-3-1-4-12-21)20-31-25-16-8-7-15-24(25)26/h1-8,11-16,20H,9-10,17-19,30H2. The molecule has 1 aliphatic heterocycles. The fourth-order valence-electron chi connectivity index (χ4n) is 4.87. The van der Waals surface area contributed by atoms with E-state index in [0.717, 1.165) is 34.9 Å². The molecule has 0 saturated carbocycles. The average Bonchev–Trinajstić information content (AvgIpc) is 2.89. The fourth-order valence-corrected chi connectivity index (χ4v) is 4.87. The van der Waals surface area contributed by atoms with E-state index < -0.39 is 5.66 Å². The molecule has 1 saturated heterocycles. The van der Waals surface area contributed by atoms with Crippen molar-refractivity contribution in [3.05, 3.63) is 113 Å². The minimum absolute atomic E-state index is 0.209. The van der Waals surface area contributed by atoms with Gasteiger partial charge in [0.05, 0.1) is 5.52 Å². The van der Waals surface area contributed by atoms with Gasteiger partial charge in [-0.3, -0.25) is 14.6 Å². The monoisotopic (exact) mass is 449 g/mol. The van der Waals surface area contributed by atoms with Gasteiger partial charge in [0.2, 0.25) is 5.78 Å². The van der Waals surface area contributed by atoms with Crippen molar-refractivity contribution in [1.29, 1.82) is 0 Å². The van der Waals surface area contributed by atoms with Crippen LogP contribution in [0.15, 0.2) is 91.1 Å². The van der Waals surface area contributed by atoms with Crippen LogP contribution in [0.5, 0.6) is 0 Å². The summed E-state index contributed by atoms with van der Waals surface area (Å²) < 4.78 is 0. The summed E-state index contributed by atoms with van der Waals surface area (Å²) in [6, 6.07) is 26.7. The van der Waals surface area contributed by atoms with Crippen LogP contribution in [0.2, 0.25) is 0 Å². The van der Waals surface area contributed by atoms with Crippen molar-refractivity contribution in [2.75, 3.05) is 6.54 Å². The number of nitrogens with two attached hydrogens (primary N) is 1. The van der Waals surface area contributed by atoms with Gasteiger partial charge >= 0.3 is 0 Å². The Morgan fingerprint density at radius 1 is 0.882 bits per heavy atom. The van der Waals surface area contributed by atoms with Crippen LogP contribution in [0, 0.1) is 0 Å². The molecular weight excluding hydrogens is 422 g/mol. The Balaban J connectivity index is 1.62. The van der Waals surface area contributed by atoms with Gasteiger partial charge in [0.1, 0.15) is 0 Å². The summed E-state index contributed by atoms with van der Waals surface area (Å²) in [6.45, 7) is 0.451. The van der Waals surface area contributed by atoms with Crippen LogP contribution in [0.4, 0.5) is 0 Å². The lowest BCUT2D eigenvalue weighted by Crippen LogP contribution is -2.65. The molecule has 0 aliphatic carbocycles. The third-order valence-corrected chi connectivity index (χ3v) is 6.65. The van der Waals surface area contributed by atoms with Crippen LogP contribution >= 0.6 is 0 Å². The normalized spacial score (nSPS) is 18.1. The van der Waals surface area contributed by atoms with Gasteiger partial charge in [-0.25, -0.2) is 0 Å². The topological polar surface area (TPSA) is 76.3 Å². The van der Waals surface area contributed by atoms with Crippen molar-refractivity contribution >= 4 is 22.6 Å². The number of hydrogen-bond donors (Lipinski definition) is 1. The average molecular weight is 450 g/mol. The van der Waals surface area contributed by atoms with Crippen molar-refractivity contribution in [2.45, 2.75) is 31.3 Å². The molecule has 2 heterocycles. The lowest BCUT2D eigenvalue weighted by Gasteiger charge is -2.43. The molecule has 2 N–H and O–H groups in total. The third kappa shape index (κ3) is 3.99. The summed E-state index contributed by atoms with van der Waals surface area (Å²) in [7, 11) is 0. The zero-order chi connectivity index (χ0) is 23.5. The Morgan fingerprint density at radius 2 is 1.56 bits per heavy atom. The molecule has 5 nitrogen and oxygen atoms in total. The Kier molecular flexibility index (Phi) is 5.95. The van der Waals surface area contributed by atoms with Gasteiger partial charge in [0.15, 0.2) is 5.66 Å². The summed E-state index contributed by atoms with van der Waals surface area (Å²) in [6.07, 6.45) is 4.36. The number of fused-ring (bicyclic) bond motifs is 1. The number of pyridine rings is 1. The summed E-state index contributed by atoms with van der Waals surface area (Å²) in [4.78, 5) is 34.0. The van der Waals surface area contributed by atoms with Gasteiger partial charge in [-0.1, -0.05) is 66.7 Å². The second-order valence-corrected chi connectivity index (χ2v) is 8.87. The molecule has 5 heteroatoms. The van der Waals surface area contributed by atoms with Crippen LogP contribution in [-0.2, 0) is 6.42 Å². The van der Waals surface area contributed by atoms with Crippen molar-refractivity contribution in [2.24, 2.45) is 5.73 Å². The summed E-state index contributed by atoms with van der Waals surface area (Å²) in [5.74, 6) is -0.430. The molecule has 170 valence electrons. The molecular formula is C29H27N3O2. The summed E-state index contributed by atoms with van der Waals surface area (Å²) >= 11 is 0. The van der Waals surface area contributed by atoms with E-state index in [0.29, 0.717) is 30.5 Å². The highest BCUT2D eigenvalue weighted by molar-refractivity contribution is 6.14. The van der Waals surface area contributed by atoms with Crippen LogP contribution in [-0.4, -0.2) is 33.8 Å². The highest BCUT2D eigenvalue weighted by atomic mass is 16.2. The molecule has 0 radical (unpaired) electrons. The zero-order valence-electron chi connectivity index (χ0n) is 19.0. The van der Waals surface area contributed by atoms with E-state index in [4.69, 9.17) is 5.73 Å². The SMILES string of the molecule is NC1(C(=O)c2c(Cc3ccccc3)cnc3ccccc23)CCCCN1C(=O)c1ccccc1. The number of rotatable bonds is 5. The number of Topliss-reactive ketones (excluding diaryl/α,β-unsaturated/α-hetero) is 1. The molecule has 1 aromatic heterocycles. The number of carbonyl (C=O) groups excluding carboxylic acids is 2. The number of amides is 1. The molecule has 1 aliphatic rings. The highest BCUT2D eigenvalue weighted by Gasteiger charge is 2.46. The molecule has 34 heavy (non-hydrogen) atoms. The van der Waals surface area contributed by atoms with Gasteiger partial charge in [0.25, 0.3) is 5.91 Å². The van der Waals surface area contributed by atoms with Gasteiger partial charge in [0, 0.05) is 29.3 Å². The van der Waals surface area contributed by atoms with E-state index in [9.17, 15) is 9.59 Å². The van der Waals surface area contributed by atoms with Crippen molar-refractivity contribution in [1.82, 2.24) is 9.88 Å². The Hall–Kier alpha value is -3.83. The van der Waals surface area contributed by atoms with Crippen molar-refractivity contribution in [3.8, 4) is 0 Å². The predicted octanol–water partition coefficient (Wildman–Crippen LogP) is 4.99. The minimum atomic E-state index is -1.42. The molecule has 5 rings (SSSR count). The molecule has 1 unspecified atom stereocenters. The Morgan fingerprint density at radius 3 is 2.32 bits per heavy atom. The van der Waals surface area contributed by atoms with Crippen LogP contribution < -0.4 is 5.73 Å². The minimum Gasteiger partial charge on any atom is -0.313 e. The molecule has 4 aromatic rings. The van der Waals surface area contributed by atoms with E-state index in [2.05, 4.69) is 4.98 Å². The van der Waals surface area contributed by atoms with Crippen molar-refractivity contribution < 1.29 is 9.59 Å². The van der Waals surface area contributed by atoms with E-state index in [1.54, 1.807) is 23.2 Å². The maximum Gasteiger partial charge on any atom is 0.255 e. The van der Waals surface area contributed by atoms with E-state index >= 15 is 0 Å².